The van der Waals surface area contributed by atoms with Crippen LogP contribution in [0.4, 0.5) is 0 Å². The van der Waals surface area contributed by atoms with E-state index in [4.69, 9.17) is 14.2 Å². The maximum absolute atomic E-state index is 11.2. The molecule has 0 fully saturated rings. The van der Waals surface area contributed by atoms with Gasteiger partial charge < -0.3 is 14.2 Å². The van der Waals surface area contributed by atoms with Crippen molar-refractivity contribution in [3.63, 3.8) is 0 Å². The first-order valence-corrected chi connectivity index (χ1v) is 5.93. The Hall–Kier alpha value is -0.610. The maximum Gasteiger partial charge on any atom is 0.305 e. The van der Waals surface area contributed by atoms with Gasteiger partial charge >= 0.3 is 5.97 Å². The number of rotatable bonds is 10. The van der Waals surface area contributed by atoms with Gasteiger partial charge in [-0.1, -0.05) is 20.3 Å². The summed E-state index contributed by atoms with van der Waals surface area (Å²) in [5, 5.41) is 0. The van der Waals surface area contributed by atoms with Crippen LogP contribution in [0.25, 0.3) is 0 Å². The Balaban J connectivity index is 3.24. The third kappa shape index (κ3) is 9.93. The Bertz CT molecular complexity index is 170. The first kappa shape index (κ1) is 15.4. The van der Waals surface area contributed by atoms with Crippen molar-refractivity contribution in [1.82, 2.24) is 0 Å². The van der Waals surface area contributed by atoms with Gasteiger partial charge in [0.1, 0.15) is 0 Å². The van der Waals surface area contributed by atoms with E-state index in [1.54, 1.807) is 7.11 Å². The Morgan fingerprint density at radius 1 is 1.25 bits per heavy atom. The van der Waals surface area contributed by atoms with Gasteiger partial charge in [0, 0.05) is 20.1 Å². The number of esters is 1. The molecule has 16 heavy (non-hydrogen) atoms. The molecule has 0 rings (SSSR count). The highest BCUT2D eigenvalue weighted by Gasteiger charge is 2.05. The molecule has 96 valence electrons. The van der Waals surface area contributed by atoms with Crippen molar-refractivity contribution in [1.29, 1.82) is 0 Å². The fourth-order valence-corrected chi connectivity index (χ4v) is 0.988. The Morgan fingerprint density at radius 3 is 2.62 bits per heavy atom. The summed E-state index contributed by atoms with van der Waals surface area (Å²) in [6.45, 7) is 6.45. The summed E-state index contributed by atoms with van der Waals surface area (Å²) >= 11 is 0. The number of hydrogen-bond donors (Lipinski definition) is 0. The molecule has 0 aromatic carbocycles. The van der Waals surface area contributed by atoms with E-state index in [0.29, 0.717) is 45.2 Å². The van der Waals surface area contributed by atoms with Crippen LogP contribution in [-0.4, -0.2) is 39.5 Å². The van der Waals surface area contributed by atoms with E-state index in [9.17, 15) is 4.79 Å². The minimum atomic E-state index is -0.129. The molecule has 0 heterocycles. The van der Waals surface area contributed by atoms with Gasteiger partial charge in [0.05, 0.1) is 19.8 Å². The van der Waals surface area contributed by atoms with Crippen molar-refractivity contribution in [2.75, 3.05) is 33.5 Å². The van der Waals surface area contributed by atoms with E-state index in [1.807, 2.05) is 0 Å². The van der Waals surface area contributed by atoms with Gasteiger partial charge in [0.2, 0.25) is 0 Å². The van der Waals surface area contributed by atoms with Crippen LogP contribution in [0.3, 0.4) is 0 Å². The van der Waals surface area contributed by atoms with Gasteiger partial charge in [0.25, 0.3) is 0 Å². The first-order valence-electron chi connectivity index (χ1n) is 5.93. The lowest BCUT2D eigenvalue weighted by molar-refractivity contribution is -0.145. The SMILES string of the molecule is CCC(C)COC(=O)CCCOCCOC. The van der Waals surface area contributed by atoms with E-state index in [-0.39, 0.29) is 5.97 Å². The third-order valence-electron chi connectivity index (χ3n) is 2.33. The molecule has 0 aliphatic heterocycles. The Kier molecular flexibility index (Phi) is 10.5. The second-order valence-electron chi connectivity index (χ2n) is 3.91. The molecule has 0 aliphatic carbocycles. The summed E-state index contributed by atoms with van der Waals surface area (Å²) in [6.07, 6.45) is 2.18. The van der Waals surface area contributed by atoms with Crippen LogP contribution in [0.15, 0.2) is 0 Å². The van der Waals surface area contributed by atoms with Crippen LogP contribution in [0.2, 0.25) is 0 Å². The Labute approximate surface area is 98.3 Å². The van der Waals surface area contributed by atoms with Gasteiger partial charge in [-0.15, -0.1) is 0 Å². The molecular weight excluding hydrogens is 208 g/mol. The molecule has 4 heteroatoms. The molecule has 0 saturated heterocycles. The van der Waals surface area contributed by atoms with Crippen LogP contribution < -0.4 is 0 Å². The zero-order chi connectivity index (χ0) is 12.2. The predicted octanol–water partition coefficient (Wildman–Crippen LogP) is 2.02. The molecular formula is C12H24O4. The van der Waals surface area contributed by atoms with E-state index >= 15 is 0 Å². The molecule has 4 nitrogen and oxygen atoms in total. The quantitative estimate of drug-likeness (QED) is 0.427. The number of carbonyl (C=O) groups is 1. The molecule has 0 aromatic heterocycles. The predicted molar refractivity (Wildman–Crippen MR) is 62.3 cm³/mol. The highest BCUT2D eigenvalue weighted by atomic mass is 16.5. The lowest BCUT2D eigenvalue weighted by atomic mass is 10.1. The van der Waals surface area contributed by atoms with E-state index < -0.39 is 0 Å². The second kappa shape index (κ2) is 10.9. The smallest absolute Gasteiger partial charge is 0.305 e. The highest BCUT2D eigenvalue weighted by molar-refractivity contribution is 5.69. The molecule has 0 bridgehead atoms. The number of ether oxygens (including phenoxy) is 3. The third-order valence-corrected chi connectivity index (χ3v) is 2.33. The van der Waals surface area contributed by atoms with E-state index in [1.165, 1.54) is 0 Å². The minimum Gasteiger partial charge on any atom is -0.465 e. The first-order chi connectivity index (χ1) is 7.70. The Morgan fingerprint density at radius 2 is 2.00 bits per heavy atom. The van der Waals surface area contributed by atoms with Crippen LogP contribution in [-0.2, 0) is 19.0 Å². The van der Waals surface area contributed by atoms with E-state index in [0.717, 1.165) is 6.42 Å². The fourth-order valence-electron chi connectivity index (χ4n) is 0.988. The molecule has 0 saturated carbocycles. The number of hydrogen-bond acceptors (Lipinski definition) is 4. The summed E-state index contributed by atoms with van der Waals surface area (Å²) in [4.78, 5) is 11.2. The van der Waals surface area contributed by atoms with Crippen molar-refractivity contribution in [3.05, 3.63) is 0 Å². The fraction of sp³-hybridized carbons (Fsp3) is 0.917. The molecule has 1 atom stereocenters. The molecule has 1 unspecified atom stereocenters. The topological polar surface area (TPSA) is 44.8 Å². The van der Waals surface area contributed by atoms with E-state index in [2.05, 4.69) is 13.8 Å². The summed E-state index contributed by atoms with van der Waals surface area (Å²) in [5.74, 6) is 0.317. The molecule has 0 N–H and O–H groups in total. The lowest BCUT2D eigenvalue weighted by Gasteiger charge is -2.09. The zero-order valence-electron chi connectivity index (χ0n) is 10.7. The van der Waals surface area contributed by atoms with Crippen LogP contribution in [0.1, 0.15) is 33.1 Å². The van der Waals surface area contributed by atoms with Crippen molar-refractivity contribution >= 4 is 5.97 Å². The number of methoxy groups -OCH3 is 1. The van der Waals surface area contributed by atoms with Gasteiger partial charge in [-0.05, 0) is 12.3 Å². The number of carbonyl (C=O) groups excluding carboxylic acids is 1. The summed E-state index contributed by atoms with van der Waals surface area (Å²) in [7, 11) is 1.63. The summed E-state index contributed by atoms with van der Waals surface area (Å²) in [6, 6.07) is 0. The standard InChI is InChI=1S/C12H24O4/c1-4-11(2)10-16-12(13)6-5-7-15-9-8-14-3/h11H,4-10H2,1-3H3. The molecule has 0 aliphatic rings. The molecule has 0 radical (unpaired) electrons. The monoisotopic (exact) mass is 232 g/mol. The van der Waals surface area contributed by atoms with Gasteiger partial charge in [-0.3, -0.25) is 4.79 Å². The second-order valence-corrected chi connectivity index (χ2v) is 3.91. The van der Waals surface area contributed by atoms with Crippen LogP contribution in [0, 0.1) is 5.92 Å². The average molecular weight is 232 g/mol. The van der Waals surface area contributed by atoms with Crippen LogP contribution in [0.5, 0.6) is 0 Å². The normalized spacial score (nSPS) is 12.4. The summed E-state index contributed by atoms with van der Waals surface area (Å²) < 4.78 is 15.2. The van der Waals surface area contributed by atoms with Crippen molar-refractivity contribution in [3.8, 4) is 0 Å². The summed E-state index contributed by atoms with van der Waals surface area (Å²) in [5.41, 5.74) is 0. The van der Waals surface area contributed by atoms with Crippen LogP contribution >= 0.6 is 0 Å². The van der Waals surface area contributed by atoms with Gasteiger partial charge in [-0.2, -0.15) is 0 Å². The maximum atomic E-state index is 11.2. The minimum absolute atomic E-state index is 0.129. The average Bonchev–Trinajstić information content (AvgIpc) is 2.30. The molecule has 0 spiro atoms. The molecule has 0 amide bonds. The lowest BCUT2D eigenvalue weighted by Crippen LogP contribution is -2.12. The zero-order valence-corrected chi connectivity index (χ0v) is 10.7. The van der Waals surface area contributed by atoms with Gasteiger partial charge in [0.15, 0.2) is 0 Å². The van der Waals surface area contributed by atoms with Crippen molar-refractivity contribution in [2.24, 2.45) is 5.92 Å². The molecule has 0 aromatic rings. The highest BCUT2D eigenvalue weighted by Crippen LogP contribution is 2.02. The van der Waals surface area contributed by atoms with Gasteiger partial charge in [-0.25, -0.2) is 0 Å². The van der Waals surface area contributed by atoms with Crippen molar-refractivity contribution in [2.45, 2.75) is 33.1 Å². The van der Waals surface area contributed by atoms with Crippen molar-refractivity contribution < 1.29 is 19.0 Å². The largest absolute Gasteiger partial charge is 0.465 e.